The lowest BCUT2D eigenvalue weighted by molar-refractivity contribution is 0.0601. The van der Waals surface area contributed by atoms with Gasteiger partial charge in [0.1, 0.15) is 5.82 Å². The Morgan fingerprint density at radius 2 is 2.00 bits per heavy atom. The van der Waals surface area contributed by atoms with Gasteiger partial charge >= 0.3 is 0 Å². The molecule has 3 aromatic rings. The summed E-state index contributed by atoms with van der Waals surface area (Å²) in [6, 6.07) is 6.85. The number of carbonyl (C=O) groups is 1. The fourth-order valence-electron chi connectivity index (χ4n) is 5.31. The third-order valence-electron chi connectivity index (χ3n) is 7.01. The van der Waals surface area contributed by atoms with Crippen molar-refractivity contribution in [1.82, 2.24) is 19.5 Å². The Bertz CT molecular complexity index is 1170. The summed E-state index contributed by atoms with van der Waals surface area (Å²) < 4.78 is 16.3. The molecule has 1 aliphatic heterocycles. The van der Waals surface area contributed by atoms with Gasteiger partial charge in [-0.3, -0.25) is 4.79 Å². The maximum atomic E-state index is 14.5. The normalized spacial score (nSPS) is 23.8. The molecule has 0 radical (unpaired) electrons. The van der Waals surface area contributed by atoms with Gasteiger partial charge in [0.25, 0.3) is 5.91 Å². The Hall–Kier alpha value is -2.80. The number of nitrogens with zero attached hydrogens (tertiary/aromatic N) is 4. The van der Waals surface area contributed by atoms with Crippen LogP contribution in [0.4, 0.5) is 4.39 Å². The molecule has 2 aromatic heterocycles. The summed E-state index contributed by atoms with van der Waals surface area (Å²) in [7, 11) is 0. The molecule has 0 spiro atoms. The molecule has 1 aliphatic carbocycles. The second-order valence-corrected chi connectivity index (χ2v) is 9.44. The van der Waals surface area contributed by atoms with Crippen LogP contribution in [0.2, 0.25) is 0 Å². The number of benzene rings is 1. The highest BCUT2D eigenvalue weighted by molar-refractivity contribution is 5.95. The molecule has 1 saturated heterocycles. The Balaban J connectivity index is 1.47. The number of amides is 1. The van der Waals surface area contributed by atoms with Crippen LogP contribution in [0.3, 0.4) is 0 Å². The molecular weight excluding hydrogens is 405 g/mol. The van der Waals surface area contributed by atoms with Crippen molar-refractivity contribution < 1.29 is 9.18 Å². The molecular formula is C25H30FN5O. The largest absolute Gasteiger partial charge is 0.330 e. The van der Waals surface area contributed by atoms with Crippen LogP contribution >= 0.6 is 0 Å². The Labute approximate surface area is 187 Å². The van der Waals surface area contributed by atoms with Gasteiger partial charge in [0, 0.05) is 30.8 Å². The van der Waals surface area contributed by atoms with Crippen LogP contribution < -0.4 is 5.73 Å². The molecule has 3 atom stereocenters. The van der Waals surface area contributed by atoms with Crippen LogP contribution in [0.5, 0.6) is 0 Å². The van der Waals surface area contributed by atoms with E-state index >= 15 is 0 Å². The smallest absolute Gasteiger partial charge is 0.257 e. The zero-order valence-corrected chi connectivity index (χ0v) is 18.7. The number of carbonyl (C=O) groups excluding carboxylic acids is 1. The van der Waals surface area contributed by atoms with Crippen molar-refractivity contribution in [3.05, 3.63) is 64.4 Å². The Morgan fingerprint density at radius 3 is 2.75 bits per heavy atom. The van der Waals surface area contributed by atoms with Crippen molar-refractivity contribution in [2.45, 2.75) is 70.4 Å². The number of fused-ring (bicyclic) bond motifs is 1. The van der Waals surface area contributed by atoms with E-state index < -0.39 is 5.82 Å². The summed E-state index contributed by atoms with van der Waals surface area (Å²) >= 11 is 0. The Morgan fingerprint density at radius 1 is 1.16 bits per heavy atom. The number of nitrogens with two attached hydrogens (primary N) is 1. The highest BCUT2D eigenvalue weighted by Crippen LogP contribution is 2.36. The summed E-state index contributed by atoms with van der Waals surface area (Å²) in [5.41, 5.74) is 10.9. The molecule has 2 aliphatic rings. The van der Waals surface area contributed by atoms with Crippen molar-refractivity contribution >= 4 is 11.6 Å². The third kappa shape index (κ3) is 3.79. The van der Waals surface area contributed by atoms with Gasteiger partial charge in [-0.2, -0.15) is 5.10 Å². The molecule has 2 N–H and O–H groups in total. The van der Waals surface area contributed by atoms with E-state index in [4.69, 9.17) is 15.8 Å². The van der Waals surface area contributed by atoms with E-state index in [0.717, 1.165) is 66.7 Å². The molecule has 0 bridgehead atoms. The first-order valence-electron chi connectivity index (χ1n) is 11.6. The second kappa shape index (κ2) is 8.28. The van der Waals surface area contributed by atoms with Gasteiger partial charge in [-0.25, -0.2) is 13.9 Å². The minimum absolute atomic E-state index is 0.125. The van der Waals surface area contributed by atoms with E-state index in [2.05, 4.69) is 6.92 Å². The lowest BCUT2D eigenvalue weighted by Crippen LogP contribution is -2.39. The number of aromatic nitrogens is 3. The first-order valence-corrected chi connectivity index (χ1v) is 11.6. The predicted molar refractivity (Wildman–Crippen MR) is 121 cm³/mol. The molecule has 2 fully saturated rings. The van der Waals surface area contributed by atoms with Crippen LogP contribution in [-0.4, -0.2) is 38.0 Å². The lowest BCUT2D eigenvalue weighted by Gasteiger charge is -2.34. The van der Waals surface area contributed by atoms with E-state index in [1.807, 2.05) is 23.7 Å². The number of hydrogen-bond acceptors (Lipinski definition) is 4. The topological polar surface area (TPSA) is 76.5 Å². The van der Waals surface area contributed by atoms with Crippen molar-refractivity contribution in [3.8, 4) is 0 Å². The number of halogens is 1. The quantitative estimate of drug-likeness (QED) is 0.660. The fourth-order valence-corrected chi connectivity index (χ4v) is 5.31. The van der Waals surface area contributed by atoms with Gasteiger partial charge in [0.15, 0.2) is 5.65 Å². The van der Waals surface area contributed by atoms with Gasteiger partial charge in [0.2, 0.25) is 0 Å². The number of aryl methyl sites for hydroxylation is 2. The first kappa shape index (κ1) is 21.1. The highest BCUT2D eigenvalue weighted by Gasteiger charge is 2.32. The van der Waals surface area contributed by atoms with Crippen molar-refractivity contribution in [2.75, 3.05) is 6.54 Å². The minimum atomic E-state index is -0.467. The molecule has 32 heavy (non-hydrogen) atoms. The van der Waals surface area contributed by atoms with E-state index in [1.54, 1.807) is 17.0 Å². The molecule has 1 aromatic carbocycles. The van der Waals surface area contributed by atoms with Gasteiger partial charge in [0.05, 0.1) is 23.0 Å². The predicted octanol–water partition coefficient (Wildman–Crippen LogP) is 4.45. The fraction of sp³-hybridized carbons (Fsp3) is 0.480. The summed E-state index contributed by atoms with van der Waals surface area (Å²) in [6.07, 6.45) is 7.84. The molecule has 6 nitrogen and oxygen atoms in total. The SMILES string of the molecule is Cc1ccc(C(=O)N2CCCCC2c2cc3nc(C4CCC(N)C4)c(C)cn3n2)c(F)c1. The number of likely N-dealkylation sites (tertiary alicyclic amines) is 1. The lowest BCUT2D eigenvalue weighted by atomic mass is 9.97. The average molecular weight is 436 g/mol. The zero-order valence-electron chi connectivity index (χ0n) is 18.7. The Kier molecular flexibility index (Phi) is 5.45. The average Bonchev–Trinajstić information content (AvgIpc) is 3.38. The van der Waals surface area contributed by atoms with Gasteiger partial charge in [-0.1, -0.05) is 6.07 Å². The number of rotatable bonds is 3. The molecule has 168 valence electrons. The van der Waals surface area contributed by atoms with E-state index in [-0.39, 0.29) is 23.6 Å². The molecule has 7 heteroatoms. The molecule has 1 saturated carbocycles. The summed E-state index contributed by atoms with van der Waals surface area (Å²) in [5.74, 6) is -0.342. The van der Waals surface area contributed by atoms with E-state index in [9.17, 15) is 9.18 Å². The van der Waals surface area contributed by atoms with Gasteiger partial charge < -0.3 is 10.6 Å². The van der Waals surface area contributed by atoms with Crippen LogP contribution in [0.1, 0.15) is 83.4 Å². The minimum Gasteiger partial charge on any atom is -0.330 e. The summed E-state index contributed by atoms with van der Waals surface area (Å²) in [4.78, 5) is 20.0. The van der Waals surface area contributed by atoms with Crippen molar-refractivity contribution in [3.63, 3.8) is 0 Å². The second-order valence-electron chi connectivity index (χ2n) is 9.44. The molecule has 5 rings (SSSR count). The number of piperidine rings is 1. The standard InChI is InChI=1S/C25H30FN5O/c1-15-6-9-19(20(26)11-15)25(32)30-10-4-3-5-22(30)21-13-23-28-24(16(2)14-31(23)29-21)17-7-8-18(27)12-17/h6,9,11,13-14,17-18,22H,3-5,7-8,10,12,27H2,1-2H3. The van der Waals surface area contributed by atoms with Gasteiger partial charge in [-0.05, 0) is 75.6 Å². The van der Waals surface area contributed by atoms with Crippen LogP contribution in [0.25, 0.3) is 5.65 Å². The van der Waals surface area contributed by atoms with Gasteiger partial charge in [-0.15, -0.1) is 0 Å². The maximum Gasteiger partial charge on any atom is 0.257 e. The first-order chi connectivity index (χ1) is 15.4. The number of hydrogen-bond donors (Lipinski definition) is 1. The van der Waals surface area contributed by atoms with Crippen LogP contribution in [0, 0.1) is 19.7 Å². The van der Waals surface area contributed by atoms with Crippen LogP contribution in [0.15, 0.2) is 30.5 Å². The third-order valence-corrected chi connectivity index (χ3v) is 7.01. The molecule has 1 amide bonds. The monoisotopic (exact) mass is 435 g/mol. The zero-order chi connectivity index (χ0) is 22.4. The maximum absolute atomic E-state index is 14.5. The van der Waals surface area contributed by atoms with E-state index in [1.165, 1.54) is 6.07 Å². The summed E-state index contributed by atoms with van der Waals surface area (Å²) in [5, 5.41) is 4.78. The van der Waals surface area contributed by atoms with Crippen molar-refractivity contribution in [2.24, 2.45) is 5.73 Å². The molecule has 3 heterocycles. The molecule has 3 unspecified atom stereocenters. The summed E-state index contributed by atoms with van der Waals surface area (Å²) in [6.45, 7) is 4.49. The highest BCUT2D eigenvalue weighted by atomic mass is 19.1. The van der Waals surface area contributed by atoms with Crippen LogP contribution in [-0.2, 0) is 0 Å². The van der Waals surface area contributed by atoms with Crippen molar-refractivity contribution in [1.29, 1.82) is 0 Å². The van der Waals surface area contributed by atoms with E-state index in [0.29, 0.717) is 12.5 Å².